The number of amides is 2. The molecule has 1 heterocycles. The second kappa shape index (κ2) is 8.02. The Morgan fingerprint density at radius 2 is 2.19 bits per heavy atom. The van der Waals surface area contributed by atoms with Gasteiger partial charge >= 0.3 is 0 Å². The van der Waals surface area contributed by atoms with Gasteiger partial charge in [0.15, 0.2) is 0 Å². The topological polar surface area (TPSA) is 105 Å². The lowest BCUT2D eigenvalue weighted by Gasteiger charge is -2.18. The Hall–Kier alpha value is -2.39. The quantitative estimate of drug-likeness (QED) is 0.666. The van der Waals surface area contributed by atoms with Crippen LogP contribution in [0.4, 0.5) is 0 Å². The highest BCUT2D eigenvalue weighted by Gasteiger charge is 2.23. The first kappa shape index (κ1) is 16.7. The van der Waals surface area contributed by atoms with E-state index in [0.29, 0.717) is 12.0 Å². The molecule has 21 heavy (non-hydrogen) atoms. The van der Waals surface area contributed by atoms with Crippen LogP contribution in [-0.4, -0.2) is 34.6 Å². The third-order valence-corrected chi connectivity index (χ3v) is 2.74. The van der Waals surface area contributed by atoms with Crippen molar-refractivity contribution in [2.45, 2.75) is 26.3 Å². The molecule has 1 aromatic heterocycles. The van der Waals surface area contributed by atoms with Crippen molar-refractivity contribution < 1.29 is 14.7 Å². The standard InChI is InChI=1S/C15H19N3O3/c1-10(2)12(14(16)20)18-15(21)13-11(6-3-4-9-19)7-5-8-17-13/h5,7-8,10,12,19H,4,9H2,1-2H3,(H2,16,20)(H,18,21). The molecule has 0 spiro atoms. The van der Waals surface area contributed by atoms with E-state index in [4.69, 9.17) is 10.8 Å². The fourth-order valence-corrected chi connectivity index (χ4v) is 1.68. The number of carbonyl (C=O) groups excluding carboxylic acids is 2. The van der Waals surface area contributed by atoms with Crippen molar-refractivity contribution in [2.24, 2.45) is 11.7 Å². The molecular weight excluding hydrogens is 270 g/mol. The number of aromatic nitrogens is 1. The van der Waals surface area contributed by atoms with E-state index in [1.807, 2.05) is 0 Å². The van der Waals surface area contributed by atoms with Crippen LogP contribution in [0.2, 0.25) is 0 Å². The van der Waals surface area contributed by atoms with E-state index in [9.17, 15) is 9.59 Å². The highest BCUT2D eigenvalue weighted by molar-refractivity contribution is 5.97. The van der Waals surface area contributed by atoms with Gasteiger partial charge in [-0.25, -0.2) is 4.98 Å². The van der Waals surface area contributed by atoms with Gasteiger partial charge in [0.25, 0.3) is 5.91 Å². The molecule has 1 atom stereocenters. The molecule has 0 radical (unpaired) electrons. The van der Waals surface area contributed by atoms with E-state index >= 15 is 0 Å². The van der Waals surface area contributed by atoms with Crippen LogP contribution in [0.5, 0.6) is 0 Å². The van der Waals surface area contributed by atoms with E-state index in [1.165, 1.54) is 6.20 Å². The molecule has 0 bridgehead atoms. The minimum Gasteiger partial charge on any atom is -0.395 e. The summed E-state index contributed by atoms with van der Waals surface area (Å²) in [6, 6.07) is 2.55. The number of aliphatic hydroxyl groups excluding tert-OH is 1. The van der Waals surface area contributed by atoms with Gasteiger partial charge in [-0.1, -0.05) is 25.7 Å². The first-order chi connectivity index (χ1) is 9.97. The summed E-state index contributed by atoms with van der Waals surface area (Å²) in [5, 5.41) is 11.3. The number of nitrogens with two attached hydrogens (primary N) is 1. The highest BCUT2D eigenvalue weighted by Crippen LogP contribution is 2.07. The third-order valence-electron chi connectivity index (χ3n) is 2.74. The molecular formula is C15H19N3O3. The number of pyridine rings is 1. The molecule has 2 amide bonds. The molecule has 0 saturated heterocycles. The summed E-state index contributed by atoms with van der Waals surface area (Å²) in [6.07, 6.45) is 1.78. The van der Waals surface area contributed by atoms with Crippen molar-refractivity contribution in [3.8, 4) is 11.8 Å². The number of aliphatic hydroxyl groups is 1. The Bertz CT molecular complexity index is 573. The predicted molar refractivity (Wildman–Crippen MR) is 78.1 cm³/mol. The molecule has 0 aromatic carbocycles. The first-order valence-corrected chi connectivity index (χ1v) is 6.62. The van der Waals surface area contributed by atoms with Gasteiger partial charge in [0.1, 0.15) is 11.7 Å². The molecule has 4 N–H and O–H groups in total. The van der Waals surface area contributed by atoms with E-state index in [1.54, 1.807) is 26.0 Å². The minimum absolute atomic E-state index is 0.0497. The fraction of sp³-hybridized carbons (Fsp3) is 0.400. The van der Waals surface area contributed by atoms with Crippen LogP contribution >= 0.6 is 0 Å². The van der Waals surface area contributed by atoms with Crippen LogP contribution in [-0.2, 0) is 4.79 Å². The van der Waals surface area contributed by atoms with E-state index < -0.39 is 17.9 Å². The molecule has 6 nitrogen and oxygen atoms in total. The molecule has 1 rings (SSSR count). The Kier molecular flexibility index (Phi) is 6.37. The zero-order chi connectivity index (χ0) is 15.8. The van der Waals surface area contributed by atoms with Gasteiger partial charge < -0.3 is 16.2 Å². The van der Waals surface area contributed by atoms with Crippen LogP contribution < -0.4 is 11.1 Å². The zero-order valence-electron chi connectivity index (χ0n) is 12.1. The summed E-state index contributed by atoms with van der Waals surface area (Å²) in [5.74, 6) is 4.29. The van der Waals surface area contributed by atoms with Crippen molar-refractivity contribution in [3.63, 3.8) is 0 Å². The number of primary amides is 1. The molecule has 0 aliphatic heterocycles. The lowest BCUT2D eigenvalue weighted by molar-refractivity contribution is -0.120. The second-order valence-electron chi connectivity index (χ2n) is 4.77. The number of hydrogen-bond donors (Lipinski definition) is 3. The van der Waals surface area contributed by atoms with E-state index in [0.717, 1.165) is 0 Å². The highest BCUT2D eigenvalue weighted by atomic mass is 16.2. The van der Waals surface area contributed by atoms with Crippen molar-refractivity contribution in [1.82, 2.24) is 10.3 Å². The lowest BCUT2D eigenvalue weighted by atomic mass is 10.0. The van der Waals surface area contributed by atoms with Gasteiger partial charge in [-0.2, -0.15) is 0 Å². The second-order valence-corrected chi connectivity index (χ2v) is 4.77. The smallest absolute Gasteiger partial charge is 0.271 e. The van der Waals surface area contributed by atoms with Crippen molar-refractivity contribution >= 4 is 11.8 Å². The normalized spacial score (nSPS) is 11.4. The van der Waals surface area contributed by atoms with Crippen LogP contribution in [0.15, 0.2) is 18.3 Å². The number of carbonyl (C=O) groups is 2. The molecule has 0 fully saturated rings. The van der Waals surface area contributed by atoms with Gasteiger partial charge in [-0.3, -0.25) is 9.59 Å². The van der Waals surface area contributed by atoms with Crippen LogP contribution in [0.1, 0.15) is 36.3 Å². The summed E-state index contributed by atoms with van der Waals surface area (Å²) in [7, 11) is 0. The largest absolute Gasteiger partial charge is 0.395 e. The Labute approximate surface area is 123 Å². The summed E-state index contributed by atoms with van der Waals surface area (Å²) in [5.41, 5.74) is 5.84. The number of nitrogens with one attached hydrogen (secondary N) is 1. The van der Waals surface area contributed by atoms with Crippen LogP contribution in [0.3, 0.4) is 0 Å². The molecule has 1 unspecified atom stereocenters. The van der Waals surface area contributed by atoms with Gasteiger partial charge in [-0.05, 0) is 18.1 Å². The van der Waals surface area contributed by atoms with Gasteiger partial charge in [-0.15, -0.1) is 0 Å². The predicted octanol–water partition coefficient (Wildman–Crippen LogP) is 0.0552. The van der Waals surface area contributed by atoms with Crippen molar-refractivity contribution in [2.75, 3.05) is 6.61 Å². The lowest BCUT2D eigenvalue weighted by Crippen LogP contribution is -2.48. The van der Waals surface area contributed by atoms with E-state index in [-0.39, 0.29) is 18.2 Å². The maximum absolute atomic E-state index is 12.2. The maximum Gasteiger partial charge on any atom is 0.271 e. The average molecular weight is 289 g/mol. The molecule has 0 aliphatic carbocycles. The summed E-state index contributed by atoms with van der Waals surface area (Å²) >= 11 is 0. The maximum atomic E-state index is 12.2. The molecule has 1 aromatic rings. The fourth-order valence-electron chi connectivity index (χ4n) is 1.68. The van der Waals surface area contributed by atoms with Crippen LogP contribution in [0.25, 0.3) is 0 Å². The molecule has 0 aliphatic rings. The molecule has 112 valence electrons. The Morgan fingerprint density at radius 1 is 1.48 bits per heavy atom. The van der Waals surface area contributed by atoms with E-state index in [2.05, 4.69) is 22.1 Å². The summed E-state index contributed by atoms with van der Waals surface area (Å²) < 4.78 is 0. The third kappa shape index (κ3) is 4.89. The Morgan fingerprint density at radius 3 is 2.76 bits per heavy atom. The van der Waals surface area contributed by atoms with Gasteiger partial charge in [0, 0.05) is 12.6 Å². The van der Waals surface area contributed by atoms with Crippen molar-refractivity contribution in [1.29, 1.82) is 0 Å². The number of hydrogen-bond acceptors (Lipinski definition) is 4. The summed E-state index contributed by atoms with van der Waals surface area (Å²) in [6.45, 7) is 3.53. The monoisotopic (exact) mass is 289 g/mol. The van der Waals surface area contributed by atoms with Gasteiger partial charge in [0.2, 0.25) is 5.91 Å². The van der Waals surface area contributed by atoms with Gasteiger partial charge in [0.05, 0.1) is 12.2 Å². The number of nitrogens with zero attached hydrogens (tertiary/aromatic N) is 1. The Balaban J connectivity index is 2.98. The average Bonchev–Trinajstić information content (AvgIpc) is 2.44. The molecule has 0 saturated carbocycles. The SMILES string of the molecule is CC(C)C(NC(=O)c1ncccc1C#CCCO)C(N)=O. The zero-order valence-corrected chi connectivity index (χ0v) is 12.1. The minimum atomic E-state index is -0.766. The van der Waals surface area contributed by atoms with Crippen molar-refractivity contribution in [3.05, 3.63) is 29.6 Å². The summed E-state index contributed by atoms with van der Waals surface area (Å²) in [4.78, 5) is 27.6. The van der Waals surface area contributed by atoms with Crippen LogP contribution in [0, 0.1) is 17.8 Å². The molecule has 6 heteroatoms. The number of rotatable bonds is 5. The first-order valence-electron chi connectivity index (χ1n) is 6.62.